The van der Waals surface area contributed by atoms with Crippen molar-refractivity contribution >= 4 is 5.91 Å². The fourth-order valence-corrected chi connectivity index (χ4v) is 4.19. The standard InChI is InChI=1S/C26H53NO2/c1-20(17-24(3,4)5)13-14-22(21(2)18-25(6,7)8)19-29-16-12-15-27-23(28)26(9,10)11/h20-22H,12-19H2,1-11H3,(H,27,28). The molecule has 0 spiro atoms. The highest BCUT2D eigenvalue weighted by Gasteiger charge is 2.25. The lowest BCUT2D eigenvalue weighted by molar-refractivity contribution is -0.128. The van der Waals surface area contributed by atoms with Crippen LogP contribution in [0.15, 0.2) is 0 Å². The maximum absolute atomic E-state index is 11.9. The van der Waals surface area contributed by atoms with E-state index in [0.717, 1.165) is 25.6 Å². The molecule has 0 aliphatic rings. The molecule has 0 aliphatic heterocycles. The molecule has 3 nitrogen and oxygen atoms in total. The molecule has 29 heavy (non-hydrogen) atoms. The topological polar surface area (TPSA) is 38.3 Å². The van der Waals surface area contributed by atoms with Gasteiger partial charge in [-0.25, -0.2) is 0 Å². The van der Waals surface area contributed by atoms with E-state index < -0.39 is 0 Å². The van der Waals surface area contributed by atoms with Gasteiger partial charge < -0.3 is 10.1 Å². The summed E-state index contributed by atoms with van der Waals surface area (Å²) in [6, 6.07) is 0. The second-order valence-corrected chi connectivity index (χ2v) is 12.9. The van der Waals surface area contributed by atoms with Crippen LogP contribution in [0.4, 0.5) is 0 Å². The zero-order valence-electron chi connectivity index (χ0n) is 21.7. The minimum absolute atomic E-state index is 0.113. The number of nitrogens with one attached hydrogen (secondary N) is 1. The van der Waals surface area contributed by atoms with E-state index in [-0.39, 0.29) is 11.3 Å². The molecule has 1 amide bonds. The fraction of sp³-hybridized carbons (Fsp3) is 0.962. The maximum Gasteiger partial charge on any atom is 0.225 e. The lowest BCUT2D eigenvalue weighted by atomic mass is 9.76. The molecule has 0 heterocycles. The van der Waals surface area contributed by atoms with Crippen LogP contribution in [-0.4, -0.2) is 25.7 Å². The van der Waals surface area contributed by atoms with Crippen LogP contribution in [0.1, 0.15) is 108 Å². The predicted molar refractivity (Wildman–Crippen MR) is 127 cm³/mol. The number of rotatable bonds is 12. The average molecular weight is 412 g/mol. The molecule has 3 unspecified atom stereocenters. The van der Waals surface area contributed by atoms with Crippen molar-refractivity contribution in [2.75, 3.05) is 19.8 Å². The lowest BCUT2D eigenvalue weighted by Crippen LogP contribution is -2.35. The van der Waals surface area contributed by atoms with E-state index >= 15 is 0 Å². The first-order chi connectivity index (χ1) is 13.0. The zero-order valence-corrected chi connectivity index (χ0v) is 21.7. The molecule has 0 bridgehead atoms. The molecule has 0 aliphatic carbocycles. The molecule has 0 aromatic rings. The number of hydrogen-bond acceptors (Lipinski definition) is 2. The van der Waals surface area contributed by atoms with Gasteiger partial charge in [0.05, 0.1) is 0 Å². The summed E-state index contributed by atoms with van der Waals surface area (Å²) < 4.78 is 6.08. The van der Waals surface area contributed by atoms with Gasteiger partial charge in [0.1, 0.15) is 0 Å². The summed E-state index contributed by atoms with van der Waals surface area (Å²) in [5, 5.41) is 3.01. The summed E-state index contributed by atoms with van der Waals surface area (Å²) in [4.78, 5) is 11.9. The Morgan fingerprint density at radius 3 is 1.90 bits per heavy atom. The number of hydrogen-bond donors (Lipinski definition) is 1. The number of ether oxygens (including phenoxy) is 1. The van der Waals surface area contributed by atoms with Crippen LogP contribution < -0.4 is 5.32 Å². The Kier molecular flexibility index (Phi) is 12.1. The van der Waals surface area contributed by atoms with Crippen molar-refractivity contribution in [1.82, 2.24) is 5.32 Å². The molecule has 3 atom stereocenters. The zero-order chi connectivity index (χ0) is 22.9. The highest BCUT2D eigenvalue weighted by atomic mass is 16.5. The van der Waals surface area contributed by atoms with E-state index in [4.69, 9.17) is 4.74 Å². The lowest BCUT2D eigenvalue weighted by Gasteiger charge is -2.31. The first-order valence-corrected chi connectivity index (χ1v) is 11.9. The molecule has 174 valence electrons. The van der Waals surface area contributed by atoms with E-state index in [1.54, 1.807) is 0 Å². The SMILES string of the molecule is CC(CCC(COCCCNC(=O)C(C)(C)C)C(C)CC(C)(C)C)CC(C)(C)C. The highest BCUT2D eigenvalue weighted by molar-refractivity contribution is 5.81. The molecule has 0 radical (unpaired) electrons. The Hall–Kier alpha value is -0.570. The van der Waals surface area contributed by atoms with Crippen LogP contribution in [0.3, 0.4) is 0 Å². The molecular weight excluding hydrogens is 358 g/mol. The van der Waals surface area contributed by atoms with Crippen LogP contribution in [0.25, 0.3) is 0 Å². The van der Waals surface area contributed by atoms with Crippen LogP contribution in [-0.2, 0) is 9.53 Å². The van der Waals surface area contributed by atoms with Gasteiger partial charge in [0.25, 0.3) is 0 Å². The van der Waals surface area contributed by atoms with Crippen molar-refractivity contribution in [3.63, 3.8) is 0 Å². The summed E-state index contributed by atoms with van der Waals surface area (Å²) in [6.45, 7) is 26.9. The number of amides is 1. The van der Waals surface area contributed by atoms with Gasteiger partial charge in [0.2, 0.25) is 5.91 Å². The van der Waals surface area contributed by atoms with Gasteiger partial charge in [-0.3, -0.25) is 4.79 Å². The molecule has 0 rings (SSSR count). The minimum atomic E-state index is -0.321. The van der Waals surface area contributed by atoms with Gasteiger partial charge in [-0.15, -0.1) is 0 Å². The van der Waals surface area contributed by atoms with Gasteiger partial charge >= 0.3 is 0 Å². The van der Waals surface area contributed by atoms with Crippen molar-refractivity contribution in [2.45, 2.75) is 108 Å². The minimum Gasteiger partial charge on any atom is -0.381 e. The normalized spacial score (nSPS) is 16.4. The van der Waals surface area contributed by atoms with Crippen LogP contribution in [0.5, 0.6) is 0 Å². The smallest absolute Gasteiger partial charge is 0.225 e. The Morgan fingerprint density at radius 1 is 0.862 bits per heavy atom. The second-order valence-electron chi connectivity index (χ2n) is 12.9. The van der Waals surface area contributed by atoms with Gasteiger partial charge in [-0.05, 0) is 54.3 Å². The summed E-state index contributed by atoms with van der Waals surface area (Å²) in [6.07, 6.45) is 5.91. The van der Waals surface area contributed by atoms with Crippen molar-refractivity contribution in [3.8, 4) is 0 Å². The quantitative estimate of drug-likeness (QED) is 0.348. The van der Waals surface area contributed by atoms with Gasteiger partial charge in [0, 0.05) is 25.2 Å². The Bertz CT molecular complexity index is 451. The van der Waals surface area contributed by atoms with E-state index in [1.807, 2.05) is 20.8 Å². The number of carbonyl (C=O) groups is 1. The van der Waals surface area contributed by atoms with Gasteiger partial charge in [0.15, 0.2) is 0 Å². The number of carbonyl (C=O) groups excluding carboxylic acids is 1. The van der Waals surface area contributed by atoms with E-state index in [1.165, 1.54) is 25.7 Å². The summed E-state index contributed by atoms with van der Waals surface area (Å²) >= 11 is 0. The molecule has 1 N–H and O–H groups in total. The Morgan fingerprint density at radius 2 is 1.41 bits per heavy atom. The molecule has 3 heteroatoms. The molecule has 0 fully saturated rings. The molecule has 0 saturated carbocycles. The summed E-state index contributed by atoms with van der Waals surface area (Å²) in [5.74, 6) is 2.15. The van der Waals surface area contributed by atoms with Crippen molar-refractivity contribution in [3.05, 3.63) is 0 Å². The van der Waals surface area contributed by atoms with Crippen LogP contribution in [0.2, 0.25) is 0 Å². The van der Waals surface area contributed by atoms with Crippen molar-refractivity contribution in [2.24, 2.45) is 34.0 Å². The third kappa shape index (κ3) is 15.9. The average Bonchev–Trinajstić information content (AvgIpc) is 2.48. The van der Waals surface area contributed by atoms with Gasteiger partial charge in [-0.1, -0.05) is 82.6 Å². The van der Waals surface area contributed by atoms with Crippen LogP contribution in [0, 0.1) is 34.0 Å². The summed E-state index contributed by atoms with van der Waals surface area (Å²) in [7, 11) is 0. The predicted octanol–water partition coefficient (Wildman–Crippen LogP) is 7.10. The first kappa shape index (κ1) is 28.4. The largest absolute Gasteiger partial charge is 0.381 e. The van der Waals surface area contributed by atoms with E-state index in [9.17, 15) is 4.79 Å². The maximum atomic E-state index is 11.9. The van der Waals surface area contributed by atoms with Crippen molar-refractivity contribution in [1.29, 1.82) is 0 Å². The fourth-order valence-electron chi connectivity index (χ4n) is 4.19. The van der Waals surface area contributed by atoms with Crippen LogP contribution >= 0.6 is 0 Å². The second kappa shape index (κ2) is 12.3. The first-order valence-electron chi connectivity index (χ1n) is 11.9. The van der Waals surface area contributed by atoms with Gasteiger partial charge in [-0.2, -0.15) is 0 Å². The monoisotopic (exact) mass is 411 g/mol. The Balaban J connectivity index is 4.47. The molecule has 0 aromatic heterocycles. The molecule has 0 aromatic carbocycles. The summed E-state index contributed by atoms with van der Waals surface area (Å²) in [5.41, 5.74) is 0.434. The molecular formula is C26H53NO2. The third-order valence-electron chi connectivity index (χ3n) is 5.49. The Labute approximate surface area is 183 Å². The van der Waals surface area contributed by atoms with E-state index in [2.05, 4.69) is 60.7 Å². The van der Waals surface area contributed by atoms with E-state index in [0.29, 0.717) is 29.2 Å². The molecule has 0 saturated heterocycles. The highest BCUT2D eigenvalue weighted by Crippen LogP contribution is 2.33. The third-order valence-corrected chi connectivity index (χ3v) is 5.49. The van der Waals surface area contributed by atoms with Crippen molar-refractivity contribution < 1.29 is 9.53 Å².